The molecular weight excluding hydrogens is 391 g/mol. The number of fused-ring (bicyclic) bond motifs is 1. The third-order valence-electron chi connectivity index (χ3n) is 4.37. The third-order valence-corrected chi connectivity index (χ3v) is 5.21. The van der Waals surface area contributed by atoms with Crippen LogP contribution in [0.25, 0.3) is 10.9 Å². The Balaban J connectivity index is 1.74. The average molecular weight is 417 g/mol. The van der Waals surface area contributed by atoms with Gasteiger partial charge in [0.15, 0.2) is 15.8 Å². The van der Waals surface area contributed by atoms with E-state index in [9.17, 15) is 12.8 Å². The number of hydrogen-bond acceptors (Lipinski definition) is 3. The van der Waals surface area contributed by atoms with E-state index in [1.165, 1.54) is 18.2 Å². The molecule has 0 fully saturated rings. The molecule has 0 spiro atoms. The van der Waals surface area contributed by atoms with Crippen LogP contribution in [-0.2, 0) is 28.7 Å². The number of nitrogens with zero attached hydrogens (tertiary/aromatic N) is 1. The predicted octanol–water partition coefficient (Wildman–Crippen LogP) is 3.11. The molecule has 0 aliphatic heterocycles. The number of benzene rings is 2. The average Bonchev–Trinajstić information content (AvgIpc) is 3.08. The highest BCUT2D eigenvalue weighted by Crippen LogP contribution is 2.16. The molecule has 0 saturated carbocycles. The molecule has 0 saturated heterocycles. The van der Waals surface area contributed by atoms with Crippen LogP contribution in [0.3, 0.4) is 0 Å². The van der Waals surface area contributed by atoms with Gasteiger partial charge in [-0.3, -0.25) is 0 Å². The van der Waals surface area contributed by atoms with Crippen LogP contribution >= 0.6 is 0 Å². The zero-order valence-corrected chi connectivity index (χ0v) is 17.3. The summed E-state index contributed by atoms with van der Waals surface area (Å²) < 4.78 is 37.0. The van der Waals surface area contributed by atoms with E-state index in [2.05, 4.69) is 26.7 Å². The first-order valence-corrected chi connectivity index (χ1v) is 11.4. The van der Waals surface area contributed by atoms with Crippen LogP contribution in [0, 0.1) is 5.82 Å². The summed E-state index contributed by atoms with van der Waals surface area (Å²) in [6.07, 6.45) is 1.16. The van der Waals surface area contributed by atoms with Gasteiger partial charge in [-0.05, 0) is 47.7 Å². The molecule has 0 radical (unpaired) electrons. The summed E-state index contributed by atoms with van der Waals surface area (Å²) in [5.41, 5.74) is 3.19. The van der Waals surface area contributed by atoms with E-state index in [0.29, 0.717) is 30.2 Å². The topological polar surface area (TPSA) is 86.3 Å². The minimum Gasteiger partial charge on any atom is -0.357 e. The Hall–Kier alpha value is -2.87. The van der Waals surface area contributed by atoms with Crippen molar-refractivity contribution < 1.29 is 12.8 Å². The van der Waals surface area contributed by atoms with Gasteiger partial charge in [0.05, 0.1) is 18.8 Å². The van der Waals surface area contributed by atoms with Crippen LogP contribution in [0.1, 0.15) is 23.7 Å². The molecule has 2 aromatic carbocycles. The number of aromatic nitrogens is 1. The van der Waals surface area contributed by atoms with Gasteiger partial charge in [0.1, 0.15) is 5.82 Å². The smallest absolute Gasteiger partial charge is 0.191 e. The maximum atomic E-state index is 13.7. The molecule has 8 heteroatoms. The lowest BCUT2D eigenvalue weighted by molar-refractivity contribution is 0.600. The number of nitrogens with one attached hydrogen (secondary N) is 3. The van der Waals surface area contributed by atoms with Gasteiger partial charge in [-0.1, -0.05) is 24.3 Å². The highest BCUT2D eigenvalue weighted by molar-refractivity contribution is 7.89. The first kappa shape index (κ1) is 20.9. The lowest BCUT2D eigenvalue weighted by Gasteiger charge is -2.12. The second-order valence-electron chi connectivity index (χ2n) is 6.91. The minimum atomic E-state index is -3.23. The van der Waals surface area contributed by atoms with E-state index in [4.69, 9.17) is 0 Å². The fourth-order valence-corrected chi connectivity index (χ4v) is 3.93. The summed E-state index contributed by atoms with van der Waals surface area (Å²) >= 11 is 0. The second-order valence-corrected chi connectivity index (χ2v) is 9.05. The Morgan fingerprint density at radius 2 is 1.90 bits per heavy atom. The quantitative estimate of drug-likeness (QED) is 0.408. The third kappa shape index (κ3) is 6.05. The summed E-state index contributed by atoms with van der Waals surface area (Å²) in [6, 6.07) is 14.2. The first-order chi connectivity index (χ1) is 13.8. The van der Waals surface area contributed by atoms with Gasteiger partial charge in [-0.25, -0.2) is 17.8 Å². The Morgan fingerprint density at radius 3 is 2.62 bits per heavy atom. The minimum absolute atomic E-state index is 0.142. The molecule has 1 heterocycles. The lowest BCUT2D eigenvalue weighted by atomic mass is 10.1. The Labute approximate surface area is 170 Å². The molecule has 154 valence electrons. The van der Waals surface area contributed by atoms with E-state index >= 15 is 0 Å². The highest BCUT2D eigenvalue weighted by Gasteiger charge is 2.11. The van der Waals surface area contributed by atoms with Gasteiger partial charge in [0.2, 0.25) is 0 Å². The van der Waals surface area contributed by atoms with Crippen molar-refractivity contribution in [3.63, 3.8) is 0 Å². The second kappa shape index (κ2) is 9.09. The van der Waals surface area contributed by atoms with Crippen LogP contribution in [0.2, 0.25) is 0 Å². The standard InChI is InChI=1S/C21H25FN4O2S/c1-3-23-21(25-13-19-11-15-6-4-5-7-20(15)26-19)24-12-17-10-18(22)9-8-16(17)14-29(2,27)28/h4-11,26H,3,12-14H2,1-2H3,(H2,23,24,25). The number of aromatic amines is 1. The van der Waals surface area contributed by atoms with Crippen LogP contribution in [0.5, 0.6) is 0 Å². The molecule has 0 atom stereocenters. The van der Waals surface area contributed by atoms with E-state index in [1.807, 2.05) is 31.2 Å². The number of para-hydroxylation sites is 1. The summed E-state index contributed by atoms with van der Waals surface area (Å²) in [5.74, 6) is 0.0150. The van der Waals surface area contributed by atoms with Crippen molar-refractivity contribution in [3.8, 4) is 0 Å². The van der Waals surface area contributed by atoms with Crippen molar-refractivity contribution in [1.29, 1.82) is 0 Å². The highest BCUT2D eigenvalue weighted by atomic mass is 32.2. The molecule has 0 aliphatic carbocycles. The predicted molar refractivity (Wildman–Crippen MR) is 115 cm³/mol. The van der Waals surface area contributed by atoms with Crippen LogP contribution in [0.4, 0.5) is 4.39 Å². The fourth-order valence-electron chi connectivity index (χ4n) is 3.08. The maximum absolute atomic E-state index is 13.7. The van der Waals surface area contributed by atoms with Gasteiger partial charge in [-0.15, -0.1) is 0 Å². The molecule has 3 N–H and O–H groups in total. The first-order valence-electron chi connectivity index (χ1n) is 9.38. The molecule has 0 bridgehead atoms. The largest absolute Gasteiger partial charge is 0.357 e. The van der Waals surface area contributed by atoms with E-state index in [1.54, 1.807) is 0 Å². The van der Waals surface area contributed by atoms with E-state index < -0.39 is 15.7 Å². The summed E-state index contributed by atoms with van der Waals surface area (Å²) in [6.45, 7) is 3.33. The van der Waals surface area contributed by atoms with Gasteiger partial charge in [0.25, 0.3) is 0 Å². The van der Waals surface area contributed by atoms with Gasteiger partial charge in [-0.2, -0.15) is 0 Å². The number of rotatable bonds is 7. The fraction of sp³-hybridized carbons (Fsp3) is 0.286. The Morgan fingerprint density at radius 1 is 1.10 bits per heavy atom. The molecule has 0 unspecified atom stereocenters. The van der Waals surface area contributed by atoms with Crippen molar-refractivity contribution in [2.45, 2.75) is 25.8 Å². The van der Waals surface area contributed by atoms with E-state index in [-0.39, 0.29) is 12.3 Å². The number of halogens is 1. The molecule has 3 aromatic rings. The number of H-pyrrole nitrogens is 1. The number of aliphatic imine (C=N–C) groups is 1. The zero-order valence-electron chi connectivity index (χ0n) is 16.5. The summed E-state index contributed by atoms with van der Waals surface area (Å²) in [5, 5.41) is 7.53. The van der Waals surface area contributed by atoms with Crippen LogP contribution in [0.15, 0.2) is 53.5 Å². The maximum Gasteiger partial charge on any atom is 0.191 e. The van der Waals surface area contributed by atoms with Crippen LogP contribution in [-0.4, -0.2) is 32.2 Å². The summed E-state index contributed by atoms with van der Waals surface area (Å²) in [7, 11) is -3.23. The molecule has 1 aromatic heterocycles. The zero-order chi connectivity index (χ0) is 20.9. The SMILES string of the molecule is CCNC(=NCc1cc(F)ccc1CS(C)(=O)=O)NCc1cc2ccccc2[nH]1. The number of guanidine groups is 1. The van der Waals surface area contributed by atoms with Crippen LogP contribution < -0.4 is 10.6 Å². The van der Waals surface area contributed by atoms with Crippen molar-refractivity contribution in [2.75, 3.05) is 12.8 Å². The van der Waals surface area contributed by atoms with E-state index in [0.717, 1.165) is 22.9 Å². The van der Waals surface area contributed by atoms with Gasteiger partial charge < -0.3 is 15.6 Å². The Kier molecular flexibility index (Phi) is 6.53. The molecule has 3 rings (SSSR count). The van der Waals surface area contributed by atoms with Crippen molar-refractivity contribution >= 4 is 26.7 Å². The normalized spacial score (nSPS) is 12.3. The molecule has 0 amide bonds. The molecule has 6 nitrogen and oxygen atoms in total. The molecular formula is C21H25FN4O2S. The number of sulfone groups is 1. The van der Waals surface area contributed by atoms with Gasteiger partial charge >= 0.3 is 0 Å². The van der Waals surface area contributed by atoms with Crippen molar-refractivity contribution in [2.24, 2.45) is 4.99 Å². The van der Waals surface area contributed by atoms with Gasteiger partial charge in [0, 0.05) is 24.0 Å². The van der Waals surface area contributed by atoms with Crippen molar-refractivity contribution in [1.82, 2.24) is 15.6 Å². The van der Waals surface area contributed by atoms with Crippen molar-refractivity contribution in [3.05, 3.63) is 71.2 Å². The Bertz CT molecular complexity index is 1090. The molecule has 29 heavy (non-hydrogen) atoms. The lowest BCUT2D eigenvalue weighted by Crippen LogP contribution is -2.36. The summed E-state index contributed by atoms with van der Waals surface area (Å²) in [4.78, 5) is 7.85. The monoisotopic (exact) mass is 416 g/mol. The molecule has 0 aliphatic rings. The number of hydrogen-bond donors (Lipinski definition) is 3.